The van der Waals surface area contributed by atoms with E-state index in [-0.39, 0.29) is 48.1 Å². The van der Waals surface area contributed by atoms with Gasteiger partial charge in [0.15, 0.2) is 0 Å². The van der Waals surface area contributed by atoms with Crippen molar-refractivity contribution in [3.05, 3.63) is 144 Å². The van der Waals surface area contributed by atoms with E-state index in [4.69, 9.17) is 14.7 Å². The Morgan fingerprint density at radius 2 is 1.26 bits per heavy atom. The smallest absolute Gasteiger partial charge is 0.408 e. The summed E-state index contributed by atoms with van der Waals surface area (Å²) in [5.41, 5.74) is 7.06. The average molecular weight is 883 g/mol. The molecule has 4 amide bonds. The molecule has 8 atom stereocenters. The van der Waals surface area contributed by atoms with Crippen LogP contribution in [0.1, 0.15) is 98.3 Å². The van der Waals surface area contributed by atoms with Gasteiger partial charge in [-0.15, -0.1) is 0 Å². The van der Waals surface area contributed by atoms with Gasteiger partial charge in [0.25, 0.3) is 11.8 Å². The molecule has 4 N–H and O–H groups in total. The maximum Gasteiger partial charge on any atom is 0.408 e. The number of benzene rings is 4. The molecule has 2 aliphatic heterocycles. The fourth-order valence-corrected chi connectivity index (χ4v) is 10.6. The zero-order valence-electron chi connectivity index (χ0n) is 36.2. The van der Waals surface area contributed by atoms with Crippen LogP contribution in [-0.2, 0) is 14.3 Å². The molecule has 6 fully saturated rings. The van der Waals surface area contributed by atoms with Crippen molar-refractivity contribution in [2.24, 2.45) is 11.8 Å². The highest BCUT2D eigenvalue weighted by molar-refractivity contribution is 5.89. The average Bonchev–Trinajstić information content (AvgIpc) is 4.32. The number of nitrogens with one attached hydrogen (secondary N) is 3. The van der Waals surface area contributed by atoms with Crippen molar-refractivity contribution in [2.75, 3.05) is 0 Å². The maximum absolute atomic E-state index is 14.6. The number of nitrogens with zero attached hydrogens (tertiary/aromatic N) is 5. The number of ether oxygens (including phenoxy) is 1. The van der Waals surface area contributed by atoms with E-state index >= 15 is 0 Å². The van der Waals surface area contributed by atoms with Gasteiger partial charge in [0.2, 0.25) is 0 Å². The second-order valence-electron chi connectivity index (χ2n) is 19.0. The molecule has 4 aromatic carbocycles. The highest BCUT2D eigenvalue weighted by Gasteiger charge is 2.58. The summed E-state index contributed by atoms with van der Waals surface area (Å²) in [7, 11) is 0. The number of amides is 4. The Bertz CT molecular complexity index is 2800. The molecule has 4 heterocycles. The molecule has 6 aromatic rings. The van der Waals surface area contributed by atoms with Gasteiger partial charge in [-0.2, -0.15) is 0 Å². The second kappa shape index (κ2) is 16.0. The molecule has 0 unspecified atom stereocenters. The van der Waals surface area contributed by atoms with Crippen LogP contribution in [-0.4, -0.2) is 88.0 Å². The summed E-state index contributed by atoms with van der Waals surface area (Å²) in [5.74, 6) is 1.92. The second-order valence-corrected chi connectivity index (χ2v) is 19.0. The number of aromatic nitrogens is 4. The maximum atomic E-state index is 14.6. The molecule has 0 spiro atoms. The first kappa shape index (κ1) is 40.3. The molecule has 12 rings (SSSR count). The van der Waals surface area contributed by atoms with Crippen LogP contribution in [0.5, 0.6) is 0 Å². The van der Waals surface area contributed by atoms with Gasteiger partial charge in [0.1, 0.15) is 29.8 Å². The van der Waals surface area contributed by atoms with Crippen molar-refractivity contribution in [3.8, 4) is 33.6 Å². The number of hydrogen-bond acceptors (Lipinski definition) is 7. The van der Waals surface area contributed by atoms with Gasteiger partial charge in [0.05, 0.1) is 29.7 Å². The number of alkyl carbamates (subject to hydrolysis) is 1. The summed E-state index contributed by atoms with van der Waals surface area (Å²) < 4.78 is 5.48. The van der Waals surface area contributed by atoms with Crippen molar-refractivity contribution in [2.45, 2.75) is 99.8 Å². The first-order valence-corrected chi connectivity index (χ1v) is 23.3. The van der Waals surface area contributed by atoms with E-state index in [9.17, 15) is 24.3 Å². The molecule has 66 heavy (non-hydrogen) atoms. The number of piperidine rings is 2. The molecule has 14 heteroatoms. The van der Waals surface area contributed by atoms with Crippen molar-refractivity contribution < 1.29 is 29.0 Å². The fourth-order valence-electron chi connectivity index (χ4n) is 10.6. The third kappa shape index (κ3) is 7.57. The first-order chi connectivity index (χ1) is 32.3. The third-order valence-corrected chi connectivity index (χ3v) is 14.5. The Kier molecular flexibility index (Phi) is 9.79. The molecular weight excluding hydrogens is 833 g/mol. The lowest BCUT2D eigenvalue weighted by Gasteiger charge is -2.35. The monoisotopic (exact) mass is 882 g/mol. The lowest BCUT2D eigenvalue weighted by Crippen LogP contribution is -2.47. The number of fused-ring (bicyclic) bond motifs is 2. The van der Waals surface area contributed by atoms with E-state index in [1.165, 1.54) is 4.90 Å². The normalized spacial score (nSPS) is 24.5. The van der Waals surface area contributed by atoms with E-state index < -0.39 is 24.3 Å². The van der Waals surface area contributed by atoms with Gasteiger partial charge in [-0.05, 0) is 91.0 Å². The van der Waals surface area contributed by atoms with Gasteiger partial charge in [0, 0.05) is 29.9 Å². The molecule has 0 radical (unpaired) electrons. The van der Waals surface area contributed by atoms with Gasteiger partial charge < -0.3 is 34.9 Å². The van der Waals surface area contributed by atoms with Crippen molar-refractivity contribution in [3.63, 3.8) is 0 Å². The van der Waals surface area contributed by atoms with E-state index in [2.05, 4.69) is 63.8 Å². The third-order valence-electron chi connectivity index (χ3n) is 14.5. The number of imidazole rings is 2. The van der Waals surface area contributed by atoms with Crippen LogP contribution < -0.4 is 5.32 Å². The van der Waals surface area contributed by atoms with Crippen LogP contribution in [0, 0.1) is 11.8 Å². The largest absolute Gasteiger partial charge is 0.465 e. The summed E-state index contributed by atoms with van der Waals surface area (Å²) in [6, 6.07) is 33.0. The molecule has 14 nitrogen and oxygen atoms in total. The minimum atomic E-state index is -1.06. The number of rotatable bonds is 13. The Morgan fingerprint density at radius 1 is 0.682 bits per heavy atom. The van der Waals surface area contributed by atoms with Crippen molar-refractivity contribution in [1.82, 2.24) is 40.0 Å². The molecule has 2 aromatic heterocycles. The van der Waals surface area contributed by atoms with Crippen LogP contribution in [0.2, 0.25) is 0 Å². The molecule has 4 aliphatic carbocycles. The number of likely N-dealkylation sites (tertiary alicyclic amines) is 2. The summed E-state index contributed by atoms with van der Waals surface area (Å²) in [6.45, 7) is 0. The standard InChI is InChI=1S/C52H50N8O6/c61-49(45(33-7-3-1-4-8-33)57-51(63)66-38-21-22-38)59-41-23-35(41)25-43(59)47-53-27-39(55-47)31-15-11-29(12-16-31)30-13-17-32(18-14-30)40-28-54-48(56-40)44-26-36-24-42(36)60(44)50(62)46(34-9-5-2-6-10-34)58(52(64)65)37-19-20-37/h1-18,27-28,35-38,41-46H,19-26H2,(H,53,55)(H,54,56)(H,57,63)(H,64,65)/t35-,36+,41+,42+,43-,44-,45+,46+/m0/s1. The Balaban J connectivity index is 0.727. The number of H-pyrrole nitrogens is 2. The molecule has 6 aliphatic rings. The van der Waals surface area contributed by atoms with Crippen LogP contribution in [0.25, 0.3) is 33.6 Å². The van der Waals surface area contributed by atoms with Crippen LogP contribution in [0.4, 0.5) is 9.59 Å². The van der Waals surface area contributed by atoms with E-state index in [0.29, 0.717) is 17.4 Å². The van der Waals surface area contributed by atoms with Crippen LogP contribution >= 0.6 is 0 Å². The zero-order valence-corrected chi connectivity index (χ0v) is 36.2. The molecule has 334 valence electrons. The zero-order chi connectivity index (χ0) is 44.6. The molecular formula is C52H50N8O6. The van der Waals surface area contributed by atoms with Crippen LogP contribution in [0.3, 0.4) is 0 Å². The number of carbonyl (C=O) groups is 4. The van der Waals surface area contributed by atoms with E-state index in [0.717, 1.165) is 102 Å². The predicted octanol–water partition coefficient (Wildman–Crippen LogP) is 8.97. The number of carbonyl (C=O) groups excluding carboxylic acids is 3. The number of aromatic amines is 2. The Morgan fingerprint density at radius 3 is 1.86 bits per heavy atom. The van der Waals surface area contributed by atoms with Crippen LogP contribution in [0.15, 0.2) is 122 Å². The van der Waals surface area contributed by atoms with Gasteiger partial charge >= 0.3 is 12.2 Å². The lowest BCUT2D eigenvalue weighted by molar-refractivity contribution is -0.139. The summed E-state index contributed by atoms with van der Waals surface area (Å²) >= 11 is 0. The minimum absolute atomic E-state index is 0.0724. The van der Waals surface area contributed by atoms with Crippen molar-refractivity contribution in [1.29, 1.82) is 0 Å². The SMILES string of the molecule is O=C(N[C@@H](C(=O)N1[C@@H]2C[C@H]2C[C@H]1c1ncc(-c2ccc(-c3ccc(-c4c[nH]c([C@@H]5C[C@H]6C[C@H]6N5C(=O)[C@@H](c5ccccc5)N(C(=O)O)C5CC5)n4)cc3)cc2)[nH]1)c1ccccc1)OC1CC1. The van der Waals surface area contributed by atoms with E-state index in [1.807, 2.05) is 82.9 Å². The highest BCUT2D eigenvalue weighted by atomic mass is 16.6. The molecule has 0 bridgehead atoms. The highest BCUT2D eigenvalue weighted by Crippen LogP contribution is 2.55. The summed E-state index contributed by atoms with van der Waals surface area (Å²) in [6.07, 6.45) is 8.73. The topological polar surface area (TPSA) is 177 Å². The number of carboxylic acid groups (broad SMARTS) is 1. The summed E-state index contributed by atoms with van der Waals surface area (Å²) in [5, 5.41) is 13.2. The number of hydrogen-bond donors (Lipinski definition) is 4. The van der Waals surface area contributed by atoms with Gasteiger partial charge in [-0.1, -0.05) is 109 Å². The fraction of sp³-hybridized carbons (Fsp3) is 0.346. The Hall–Kier alpha value is -7.22. The quantitative estimate of drug-likeness (QED) is 0.0889. The molecule has 2 saturated heterocycles. The van der Waals surface area contributed by atoms with Gasteiger partial charge in [-0.3, -0.25) is 14.5 Å². The van der Waals surface area contributed by atoms with E-state index in [1.54, 1.807) is 0 Å². The van der Waals surface area contributed by atoms with Gasteiger partial charge in [-0.25, -0.2) is 19.6 Å². The molecule has 4 saturated carbocycles. The summed E-state index contributed by atoms with van der Waals surface area (Å²) in [4.78, 5) is 76.3. The van der Waals surface area contributed by atoms with Crippen molar-refractivity contribution >= 4 is 24.0 Å². The Labute approximate surface area is 381 Å². The predicted molar refractivity (Wildman–Crippen MR) is 243 cm³/mol. The minimum Gasteiger partial charge on any atom is -0.465 e. The first-order valence-electron chi connectivity index (χ1n) is 23.3. The lowest BCUT2D eigenvalue weighted by atomic mass is 10.0.